The Balaban J connectivity index is 6.55. The van der Waals surface area contributed by atoms with Gasteiger partial charge in [0, 0.05) is 0 Å². The van der Waals surface area contributed by atoms with Gasteiger partial charge in [0.05, 0.1) is 10.5 Å². The lowest BCUT2D eigenvalue weighted by Gasteiger charge is -2.36. The molecule has 2 unspecified atom stereocenters. The molecule has 0 N–H and O–H groups in total. The van der Waals surface area contributed by atoms with Crippen molar-refractivity contribution in [3.05, 3.63) is 0 Å². The first-order valence-corrected chi connectivity index (χ1v) is 14.9. The maximum atomic E-state index is 13.9. The Morgan fingerprint density at radius 3 is 1.09 bits per heavy atom. The monoisotopic (exact) mass is 564 g/mol. The first-order chi connectivity index (χ1) is 16.0. The van der Waals surface area contributed by atoms with Crippen LogP contribution in [-0.4, -0.2) is 45.5 Å². The van der Waals surface area contributed by atoms with Crippen LogP contribution in [0.5, 0.6) is 0 Å². The third kappa shape index (κ3) is 9.99. The van der Waals surface area contributed by atoms with Gasteiger partial charge in [0.15, 0.2) is 0 Å². The largest absolute Gasteiger partial charge is 0.455 e. The van der Waals surface area contributed by atoms with Crippen molar-refractivity contribution in [2.75, 3.05) is 0 Å². The molecule has 0 aromatic rings. The van der Waals surface area contributed by atoms with Gasteiger partial charge in [-0.05, 0) is 25.7 Å². The van der Waals surface area contributed by atoms with E-state index in [0.717, 1.165) is 0 Å². The lowest BCUT2D eigenvalue weighted by Crippen LogP contribution is -2.63. The van der Waals surface area contributed by atoms with Gasteiger partial charge >= 0.3 is 18.1 Å². The van der Waals surface area contributed by atoms with E-state index in [4.69, 9.17) is 0 Å². The molecule has 0 radical (unpaired) electrons. The minimum Gasteiger partial charge on any atom is -0.215 e. The quantitative estimate of drug-likeness (QED) is 0.0771. The molecular formula is C21H38F6O6S2. The van der Waals surface area contributed by atoms with E-state index in [0.29, 0.717) is 25.7 Å². The first-order valence-electron chi connectivity index (χ1n) is 12.0. The fourth-order valence-corrected chi connectivity index (χ4v) is 6.96. The van der Waals surface area contributed by atoms with Crippen LogP contribution in [0.4, 0.5) is 26.3 Å². The summed E-state index contributed by atoms with van der Waals surface area (Å²) in [6.07, 6.45) is -11.1. The zero-order valence-corrected chi connectivity index (χ0v) is 22.3. The van der Waals surface area contributed by atoms with Crippen LogP contribution >= 0.6 is 0 Å². The van der Waals surface area contributed by atoms with Crippen molar-refractivity contribution in [2.45, 2.75) is 133 Å². The minimum atomic E-state index is -6.56. The zero-order chi connectivity index (χ0) is 27.6. The summed E-state index contributed by atoms with van der Waals surface area (Å²) in [4.78, 5) is 0. The van der Waals surface area contributed by atoms with Crippen LogP contribution in [0.2, 0.25) is 0 Å². The molecule has 0 aliphatic carbocycles. The van der Waals surface area contributed by atoms with Gasteiger partial charge in [0.25, 0.3) is 20.2 Å². The molecule has 0 aliphatic heterocycles. The first kappa shape index (κ1) is 34.4. The van der Waals surface area contributed by atoms with Gasteiger partial charge in [-0.3, -0.25) is 0 Å². The third-order valence-electron chi connectivity index (χ3n) is 5.51. The molecule has 0 aromatic carbocycles. The molecule has 0 aromatic heterocycles. The second kappa shape index (κ2) is 14.4. The highest BCUT2D eigenvalue weighted by atomic mass is 32.2. The van der Waals surface area contributed by atoms with E-state index in [1.807, 2.05) is 0 Å². The van der Waals surface area contributed by atoms with Gasteiger partial charge in [-0.25, -0.2) is 8.37 Å². The number of hydrogen-bond acceptors (Lipinski definition) is 6. The minimum absolute atomic E-state index is 0.138. The maximum Gasteiger partial charge on any atom is 0.455 e. The van der Waals surface area contributed by atoms with Gasteiger partial charge in [0.2, 0.25) is 0 Å². The average Bonchev–Trinajstić information content (AvgIpc) is 2.70. The summed E-state index contributed by atoms with van der Waals surface area (Å²) in [6.45, 7) is 6.58. The molecule has 0 saturated heterocycles. The van der Waals surface area contributed by atoms with Crippen LogP contribution in [0.3, 0.4) is 0 Å². The molecule has 0 aliphatic rings. The van der Waals surface area contributed by atoms with E-state index in [9.17, 15) is 43.2 Å². The smallest absolute Gasteiger partial charge is 0.215 e. The van der Waals surface area contributed by atoms with Crippen molar-refractivity contribution < 1.29 is 51.5 Å². The lowest BCUT2D eigenvalue weighted by atomic mass is 10.1. The highest BCUT2D eigenvalue weighted by molar-refractivity contribution is 7.88. The van der Waals surface area contributed by atoms with Crippen molar-refractivity contribution in [3.8, 4) is 0 Å². The standard InChI is InChI=1S/C21H38F6O6S2/c1-5-9-11-15-17(13-7-3)34(28,29)32-19(20(22,23)24,21(25,26)27)33-35(30,31)18(14-8-4)16-12-10-6-2/h17-18H,5-16H2,1-4H3. The molecular weight excluding hydrogens is 526 g/mol. The van der Waals surface area contributed by atoms with Crippen molar-refractivity contribution in [3.63, 3.8) is 0 Å². The number of halogens is 6. The Morgan fingerprint density at radius 1 is 0.543 bits per heavy atom. The molecule has 0 fully saturated rings. The molecule has 2 atom stereocenters. The fourth-order valence-electron chi connectivity index (χ4n) is 3.58. The molecule has 6 nitrogen and oxygen atoms in total. The summed E-state index contributed by atoms with van der Waals surface area (Å²) in [5.74, 6) is -5.88. The molecule has 0 rings (SSSR count). The van der Waals surface area contributed by atoms with Crippen molar-refractivity contribution >= 4 is 20.2 Å². The highest BCUT2D eigenvalue weighted by Crippen LogP contribution is 2.50. The van der Waals surface area contributed by atoms with E-state index in [1.54, 1.807) is 13.8 Å². The maximum absolute atomic E-state index is 13.9. The average molecular weight is 565 g/mol. The fraction of sp³-hybridized carbons (Fsp3) is 1.00. The van der Waals surface area contributed by atoms with E-state index in [2.05, 4.69) is 8.37 Å². The predicted octanol–water partition coefficient (Wildman–Crippen LogP) is 7.00. The second-order valence-electron chi connectivity index (χ2n) is 8.58. The summed E-state index contributed by atoms with van der Waals surface area (Å²) in [7, 11) is -11.1. The van der Waals surface area contributed by atoms with Crippen LogP contribution in [0.25, 0.3) is 0 Å². The highest BCUT2D eigenvalue weighted by Gasteiger charge is 2.78. The van der Waals surface area contributed by atoms with Gasteiger partial charge in [0.1, 0.15) is 0 Å². The predicted molar refractivity (Wildman–Crippen MR) is 121 cm³/mol. The van der Waals surface area contributed by atoms with Gasteiger partial charge in [-0.2, -0.15) is 43.2 Å². The molecule has 0 bridgehead atoms. The number of unbranched alkanes of at least 4 members (excludes halogenated alkanes) is 4. The molecule has 0 spiro atoms. The number of rotatable bonds is 18. The number of alkyl halides is 6. The number of hydrogen-bond donors (Lipinski definition) is 0. The summed E-state index contributed by atoms with van der Waals surface area (Å²) in [6, 6.07) is 0. The Bertz CT molecular complexity index is 741. The van der Waals surface area contributed by atoms with Gasteiger partial charge in [-0.1, -0.05) is 79.1 Å². The van der Waals surface area contributed by atoms with Crippen molar-refractivity contribution in [1.29, 1.82) is 0 Å². The Hall–Kier alpha value is -0.600. The Morgan fingerprint density at radius 2 is 0.857 bits per heavy atom. The molecule has 0 heterocycles. The van der Waals surface area contributed by atoms with Crippen LogP contribution in [0, 0.1) is 0 Å². The van der Waals surface area contributed by atoms with E-state index in [-0.39, 0.29) is 51.4 Å². The van der Waals surface area contributed by atoms with E-state index < -0.39 is 48.9 Å². The Labute approximate surface area is 205 Å². The molecule has 0 amide bonds. The Kier molecular flexibility index (Phi) is 14.1. The van der Waals surface area contributed by atoms with Crippen LogP contribution in [0.15, 0.2) is 0 Å². The van der Waals surface area contributed by atoms with Gasteiger partial charge in [-0.15, -0.1) is 0 Å². The molecule has 14 heteroatoms. The van der Waals surface area contributed by atoms with Crippen LogP contribution < -0.4 is 0 Å². The molecule has 0 saturated carbocycles. The second-order valence-corrected chi connectivity index (χ2v) is 12.2. The van der Waals surface area contributed by atoms with Crippen molar-refractivity contribution in [1.82, 2.24) is 0 Å². The lowest BCUT2D eigenvalue weighted by molar-refractivity contribution is -0.421. The topological polar surface area (TPSA) is 86.7 Å². The van der Waals surface area contributed by atoms with E-state index in [1.165, 1.54) is 13.8 Å². The summed E-state index contributed by atoms with van der Waals surface area (Å²) < 4.78 is 142. The van der Waals surface area contributed by atoms with E-state index >= 15 is 0 Å². The third-order valence-corrected chi connectivity index (χ3v) is 9.02. The SMILES string of the molecule is CCCCCC(CCC)S(=O)(=O)OC(OS(=O)(=O)C(CCC)CCCCC)(C(F)(F)F)C(F)(F)F. The van der Waals surface area contributed by atoms with Crippen LogP contribution in [-0.2, 0) is 28.6 Å². The zero-order valence-electron chi connectivity index (χ0n) is 20.7. The molecule has 212 valence electrons. The van der Waals surface area contributed by atoms with Crippen molar-refractivity contribution in [2.24, 2.45) is 0 Å². The molecule has 35 heavy (non-hydrogen) atoms. The summed E-state index contributed by atoms with van der Waals surface area (Å²) in [5.41, 5.74) is 0. The summed E-state index contributed by atoms with van der Waals surface area (Å²) in [5, 5.41) is -3.38. The van der Waals surface area contributed by atoms with Crippen LogP contribution in [0.1, 0.15) is 105 Å². The summed E-state index contributed by atoms with van der Waals surface area (Å²) >= 11 is 0. The van der Waals surface area contributed by atoms with Gasteiger partial charge < -0.3 is 0 Å². The normalized spacial score (nSPS) is 15.8.